The highest BCUT2D eigenvalue weighted by Gasteiger charge is 2.05. The van der Waals surface area contributed by atoms with E-state index in [9.17, 15) is 4.79 Å². The van der Waals surface area contributed by atoms with Crippen LogP contribution in [0.4, 0.5) is 11.4 Å². The smallest absolute Gasteiger partial charge is 0.226 e. The first-order valence-electron chi connectivity index (χ1n) is 7.33. The van der Waals surface area contributed by atoms with Crippen molar-refractivity contribution in [1.82, 2.24) is 0 Å². The van der Waals surface area contributed by atoms with E-state index >= 15 is 0 Å². The minimum Gasteiger partial charge on any atom is -0.384 e. The average Bonchev–Trinajstić information content (AvgIpc) is 2.47. The minimum absolute atomic E-state index is 0.0299. The number of anilines is 2. The summed E-state index contributed by atoms with van der Waals surface area (Å²) >= 11 is 6.05. The first-order valence-corrected chi connectivity index (χ1v) is 7.71. The van der Waals surface area contributed by atoms with E-state index in [1.807, 2.05) is 31.2 Å². The molecule has 2 N–H and O–H groups in total. The molecule has 4 heteroatoms. The van der Waals surface area contributed by atoms with E-state index < -0.39 is 0 Å². The normalized spacial score (nSPS) is 10.4. The molecule has 0 saturated carbocycles. The lowest BCUT2D eigenvalue weighted by atomic mass is 10.1. The molecular formula is C18H21ClN2O. The Bertz CT molecular complexity index is 683. The van der Waals surface area contributed by atoms with Crippen molar-refractivity contribution >= 4 is 28.9 Å². The summed E-state index contributed by atoms with van der Waals surface area (Å²) in [5, 5.41) is 6.82. The molecule has 2 aromatic carbocycles. The quantitative estimate of drug-likeness (QED) is 0.839. The van der Waals surface area contributed by atoms with Gasteiger partial charge in [-0.05, 0) is 55.7 Å². The van der Waals surface area contributed by atoms with E-state index in [2.05, 4.69) is 30.5 Å². The predicted molar refractivity (Wildman–Crippen MR) is 93.8 cm³/mol. The highest BCUT2D eigenvalue weighted by Crippen LogP contribution is 2.20. The third kappa shape index (κ3) is 4.25. The van der Waals surface area contributed by atoms with Crippen LogP contribution < -0.4 is 10.6 Å². The van der Waals surface area contributed by atoms with Crippen LogP contribution in [0.5, 0.6) is 0 Å². The summed E-state index contributed by atoms with van der Waals surface area (Å²) in [7, 11) is 0. The summed E-state index contributed by atoms with van der Waals surface area (Å²) < 4.78 is 0. The van der Waals surface area contributed by atoms with Gasteiger partial charge in [0.15, 0.2) is 0 Å². The first-order chi connectivity index (χ1) is 10.5. The Balaban J connectivity index is 1.85. The Labute approximate surface area is 136 Å². The Kier molecular flexibility index (Phi) is 5.45. The van der Waals surface area contributed by atoms with Crippen LogP contribution in [0.25, 0.3) is 0 Å². The van der Waals surface area contributed by atoms with E-state index in [-0.39, 0.29) is 5.91 Å². The molecule has 0 spiro atoms. The van der Waals surface area contributed by atoms with Gasteiger partial charge in [0, 0.05) is 29.4 Å². The fourth-order valence-corrected chi connectivity index (χ4v) is 2.33. The Morgan fingerprint density at radius 1 is 1.09 bits per heavy atom. The first kappa shape index (κ1) is 16.4. The van der Waals surface area contributed by atoms with Crippen LogP contribution in [0.2, 0.25) is 5.02 Å². The molecule has 0 radical (unpaired) electrons. The van der Waals surface area contributed by atoms with Crippen molar-refractivity contribution in [1.29, 1.82) is 0 Å². The summed E-state index contributed by atoms with van der Waals surface area (Å²) in [5.41, 5.74) is 5.26. The summed E-state index contributed by atoms with van der Waals surface area (Å²) in [5.74, 6) is -0.0299. The van der Waals surface area contributed by atoms with Crippen LogP contribution in [0.3, 0.4) is 0 Å². The molecule has 0 bridgehead atoms. The lowest BCUT2D eigenvalue weighted by Crippen LogP contribution is -2.16. The molecule has 0 aliphatic rings. The van der Waals surface area contributed by atoms with E-state index in [1.165, 1.54) is 11.1 Å². The fourth-order valence-electron chi connectivity index (χ4n) is 2.15. The maximum absolute atomic E-state index is 12.0. The van der Waals surface area contributed by atoms with Crippen LogP contribution in [-0.2, 0) is 4.79 Å². The van der Waals surface area contributed by atoms with Crippen molar-refractivity contribution in [2.75, 3.05) is 17.2 Å². The van der Waals surface area contributed by atoms with Crippen molar-refractivity contribution in [2.24, 2.45) is 0 Å². The van der Waals surface area contributed by atoms with Gasteiger partial charge in [-0.1, -0.05) is 29.8 Å². The maximum atomic E-state index is 12.0. The number of amides is 1. The number of benzene rings is 2. The van der Waals surface area contributed by atoms with E-state index in [0.717, 1.165) is 16.9 Å². The molecule has 22 heavy (non-hydrogen) atoms. The number of carbonyl (C=O) groups is 1. The fraction of sp³-hybridized carbons (Fsp3) is 0.278. The standard InChI is InChI=1S/C18H21ClN2O/c1-12-5-4-6-17(14(12)3)20-10-9-18(22)21-15-8-7-13(2)16(19)11-15/h4-8,11,20H,9-10H2,1-3H3,(H,21,22). The van der Waals surface area contributed by atoms with Crippen molar-refractivity contribution in [3.63, 3.8) is 0 Å². The SMILES string of the molecule is Cc1ccc(NC(=O)CCNc2cccc(C)c2C)cc1Cl. The van der Waals surface area contributed by atoms with E-state index in [1.54, 1.807) is 6.07 Å². The van der Waals surface area contributed by atoms with Gasteiger partial charge in [-0.3, -0.25) is 4.79 Å². The van der Waals surface area contributed by atoms with Crippen LogP contribution in [0, 0.1) is 20.8 Å². The lowest BCUT2D eigenvalue weighted by Gasteiger charge is -2.11. The van der Waals surface area contributed by atoms with Gasteiger partial charge in [-0.25, -0.2) is 0 Å². The molecule has 1 amide bonds. The van der Waals surface area contributed by atoms with Crippen LogP contribution in [0.1, 0.15) is 23.1 Å². The zero-order valence-electron chi connectivity index (χ0n) is 13.2. The number of halogens is 1. The molecule has 0 saturated heterocycles. The number of nitrogens with one attached hydrogen (secondary N) is 2. The monoisotopic (exact) mass is 316 g/mol. The third-order valence-corrected chi connectivity index (χ3v) is 4.13. The van der Waals surface area contributed by atoms with Gasteiger partial charge in [0.2, 0.25) is 5.91 Å². The van der Waals surface area contributed by atoms with Gasteiger partial charge >= 0.3 is 0 Å². The predicted octanol–water partition coefficient (Wildman–Crippen LogP) is 4.71. The summed E-state index contributed by atoms with van der Waals surface area (Å²) in [6.07, 6.45) is 0.402. The zero-order valence-corrected chi connectivity index (χ0v) is 13.9. The van der Waals surface area contributed by atoms with Gasteiger partial charge < -0.3 is 10.6 Å². The van der Waals surface area contributed by atoms with Gasteiger partial charge in [0.05, 0.1) is 0 Å². The number of carbonyl (C=O) groups excluding carboxylic acids is 1. The van der Waals surface area contributed by atoms with Gasteiger partial charge in [0.1, 0.15) is 0 Å². The van der Waals surface area contributed by atoms with Gasteiger partial charge in [-0.2, -0.15) is 0 Å². The van der Waals surface area contributed by atoms with Gasteiger partial charge in [0.25, 0.3) is 0 Å². The molecule has 2 rings (SSSR count). The molecule has 0 fully saturated rings. The third-order valence-electron chi connectivity index (χ3n) is 3.73. The molecular weight excluding hydrogens is 296 g/mol. The van der Waals surface area contributed by atoms with Crippen molar-refractivity contribution in [3.05, 3.63) is 58.1 Å². The molecule has 2 aromatic rings. The topological polar surface area (TPSA) is 41.1 Å². The largest absolute Gasteiger partial charge is 0.384 e. The minimum atomic E-state index is -0.0299. The second-order valence-corrected chi connectivity index (χ2v) is 5.84. The van der Waals surface area contributed by atoms with Gasteiger partial charge in [-0.15, -0.1) is 0 Å². The Morgan fingerprint density at radius 2 is 1.86 bits per heavy atom. The zero-order chi connectivity index (χ0) is 16.1. The Hall–Kier alpha value is -2.00. The second-order valence-electron chi connectivity index (χ2n) is 5.44. The van der Waals surface area contributed by atoms with E-state index in [0.29, 0.717) is 18.0 Å². The van der Waals surface area contributed by atoms with Crippen molar-refractivity contribution in [3.8, 4) is 0 Å². The molecule has 0 aliphatic heterocycles. The van der Waals surface area contributed by atoms with Crippen LogP contribution in [-0.4, -0.2) is 12.5 Å². The number of hydrogen-bond acceptors (Lipinski definition) is 2. The molecule has 116 valence electrons. The van der Waals surface area contributed by atoms with Crippen molar-refractivity contribution < 1.29 is 4.79 Å². The summed E-state index contributed by atoms with van der Waals surface area (Å²) in [6, 6.07) is 11.6. The number of rotatable bonds is 5. The lowest BCUT2D eigenvalue weighted by molar-refractivity contribution is -0.115. The average molecular weight is 317 g/mol. The van der Waals surface area contributed by atoms with E-state index in [4.69, 9.17) is 11.6 Å². The molecule has 3 nitrogen and oxygen atoms in total. The van der Waals surface area contributed by atoms with Crippen LogP contribution >= 0.6 is 11.6 Å². The number of aryl methyl sites for hydroxylation is 2. The summed E-state index contributed by atoms with van der Waals surface area (Å²) in [4.78, 5) is 12.0. The Morgan fingerprint density at radius 3 is 2.59 bits per heavy atom. The molecule has 0 aromatic heterocycles. The molecule has 0 heterocycles. The second kappa shape index (κ2) is 7.32. The molecule has 0 atom stereocenters. The maximum Gasteiger partial charge on any atom is 0.226 e. The van der Waals surface area contributed by atoms with Crippen molar-refractivity contribution in [2.45, 2.75) is 27.2 Å². The molecule has 0 aliphatic carbocycles. The molecule has 0 unspecified atom stereocenters. The highest BCUT2D eigenvalue weighted by atomic mass is 35.5. The highest BCUT2D eigenvalue weighted by molar-refractivity contribution is 6.31. The summed E-state index contributed by atoms with van der Waals surface area (Å²) in [6.45, 7) is 6.68. The van der Waals surface area contributed by atoms with Crippen LogP contribution in [0.15, 0.2) is 36.4 Å². The number of hydrogen-bond donors (Lipinski definition) is 2.